The van der Waals surface area contributed by atoms with E-state index in [9.17, 15) is 9.90 Å². The van der Waals surface area contributed by atoms with E-state index in [4.69, 9.17) is 4.74 Å². The topological polar surface area (TPSA) is 55.8 Å². The van der Waals surface area contributed by atoms with Crippen molar-refractivity contribution in [1.29, 1.82) is 0 Å². The maximum Gasteiger partial charge on any atom is 0.339 e. The molecule has 1 aromatic rings. The first-order valence-electron chi connectivity index (χ1n) is 4.93. The molecule has 0 bridgehead atoms. The summed E-state index contributed by atoms with van der Waals surface area (Å²) in [6.45, 7) is 3.81. The van der Waals surface area contributed by atoms with Gasteiger partial charge in [-0.1, -0.05) is 12.1 Å². The second-order valence-corrected chi connectivity index (χ2v) is 3.56. The number of benzene rings is 1. The molecule has 4 heteroatoms. The molecule has 88 valence electrons. The molecule has 0 radical (unpaired) electrons. The molecule has 0 saturated carbocycles. The van der Waals surface area contributed by atoms with Crippen LogP contribution in [0.4, 0.5) is 0 Å². The van der Waals surface area contributed by atoms with Crippen molar-refractivity contribution in [3.63, 3.8) is 0 Å². The number of hydrogen-bond donors (Lipinski definition) is 1. The predicted molar refractivity (Wildman–Crippen MR) is 59.4 cm³/mol. The third kappa shape index (κ3) is 2.17. The van der Waals surface area contributed by atoms with Gasteiger partial charge in [0.15, 0.2) is 6.10 Å². The van der Waals surface area contributed by atoms with E-state index in [0.29, 0.717) is 11.3 Å². The molecule has 0 aliphatic heterocycles. The molecule has 0 amide bonds. The lowest BCUT2D eigenvalue weighted by Gasteiger charge is -2.16. The summed E-state index contributed by atoms with van der Waals surface area (Å²) >= 11 is 0. The van der Waals surface area contributed by atoms with Crippen molar-refractivity contribution in [1.82, 2.24) is 0 Å². The fourth-order valence-corrected chi connectivity index (χ4v) is 1.54. The molecule has 1 atom stereocenters. The first kappa shape index (κ1) is 12.5. The summed E-state index contributed by atoms with van der Waals surface area (Å²) in [4.78, 5) is 11.2. The summed E-state index contributed by atoms with van der Waals surface area (Å²) < 4.78 is 9.70. The van der Waals surface area contributed by atoms with Crippen molar-refractivity contribution in [3.8, 4) is 5.75 Å². The molecule has 0 heterocycles. The molecule has 0 saturated heterocycles. The van der Waals surface area contributed by atoms with Crippen LogP contribution in [0.5, 0.6) is 5.75 Å². The Morgan fingerprint density at radius 1 is 1.31 bits per heavy atom. The number of aliphatic hydroxyl groups is 1. The number of esters is 1. The SMILES string of the molecule is COC(=O)C(O)c1ccc(C)c(C)c1OC. The highest BCUT2D eigenvalue weighted by atomic mass is 16.5. The van der Waals surface area contributed by atoms with Gasteiger partial charge in [-0.15, -0.1) is 0 Å². The van der Waals surface area contributed by atoms with E-state index < -0.39 is 12.1 Å². The quantitative estimate of drug-likeness (QED) is 0.791. The van der Waals surface area contributed by atoms with Gasteiger partial charge in [0.05, 0.1) is 14.2 Å². The smallest absolute Gasteiger partial charge is 0.339 e. The Bertz CT molecular complexity index is 398. The van der Waals surface area contributed by atoms with Gasteiger partial charge in [-0.2, -0.15) is 0 Å². The van der Waals surface area contributed by atoms with Gasteiger partial charge in [-0.25, -0.2) is 4.79 Å². The molecule has 0 aliphatic rings. The zero-order valence-electron chi connectivity index (χ0n) is 9.90. The molecular formula is C12H16O4. The zero-order chi connectivity index (χ0) is 12.3. The molecule has 1 unspecified atom stereocenters. The Morgan fingerprint density at radius 2 is 1.94 bits per heavy atom. The first-order valence-corrected chi connectivity index (χ1v) is 4.93. The lowest BCUT2D eigenvalue weighted by Crippen LogP contribution is -2.15. The minimum atomic E-state index is -1.31. The van der Waals surface area contributed by atoms with Crippen molar-refractivity contribution in [3.05, 3.63) is 28.8 Å². The van der Waals surface area contributed by atoms with E-state index >= 15 is 0 Å². The van der Waals surface area contributed by atoms with Crippen LogP contribution in [0.15, 0.2) is 12.1 Å². The minimum Gasteiger partial charge on any atom is -0.496 e. The second-order valence-electron chi connectivity index (χ2n) is 3.56. The maximum atomic E-state index is 11.2. The van der Waals surface area contributed by atoms with Crippen LogP contribution < -0.4 is 4.74 Å². The Hall–Kier alpha value is -1.55. The van der Waals surface area contributed by atoms with Gasteiger partial charge >= 0.3 is 5.97 Å². The van der Waals surface area contributed by atoms with E-state index in [1.165, 1.54) is 14.2 Å². The zero-order valence-corrected chi connectivity index (χ0v) is 9.90. The summed E-state index contributed by atoms with van der Waals surface area (Å²) in [5.74, 6) is -0.167. The largest absolute Gasteiger partial charge is 0.496 e. The number of methoxy groups -OCH3 is 2. The second kappa shape index (κ2) is 4.99. The Morgan fingerprint density at radius 3 is 2.44 bits per heavy atom. The highest BCUT2D eigenvalue weighted by molar-refractivity contribution is 5.77. The van der Waals surface area contributed by atoms with Crippen molar-refractivity contribution in [2.24, 2.45) is 0 Å². The van der Waals surface area contributed by atoms with E-state index in [1.54, 1.807) is 6.07 Å². The van der Waals surface area contributed by atoms with Gasteiger partial charge in [0.25, 0.3) is 0 Å². The van der Waals surface area contributed by atoms with Gasteiger partial charge in [0, 0.05) is 5.56 Å². The fourth-order valence-electron chi connectivity index (χ4n) is 1.54. The summed E-state index contributed by atoms with van der Waals surface area (Å²) in [7, 11) is 2.74. The molecule has 16 heavy (non-hydrogen) atoms. The minimum absolute atomic E-state index is 0.428. The molecular weight excluding hydrogens is 208 g/mol. The van der Waals surface area contributed by atoms with Crippen LogP contribution in [0.3, 0.4) is 0 Å². The van der Waals surface area contributed by atoms with Gasteiger partial charge in [-0.3, -0.25) is 0 Å². The molecule has 0 aliphatic carbocycles. The van der Waals surface area contributed by atoms with Crippen LogP contribution in [0, 0.1) is 13.8 Å². The molecule has 0 spiro atoms. The maximum absolute atomic E-state index is 11.2. The van der Waals surface area contributed by atoms with Gasteiger partial charge in [-0.05, 0) is 25.0 Å². The normalized spacial score (nSPS) is 12.1. The van der Waals surface area contributed by atoms with E-state index in [0.717, 1.165) is 11.1 Å². The van der Waals surface area contributed by atoms with Gasteiger partial charge in [0.1, 0.15) is 5.75 Å². The average Bonchev–Trinajstić information content (AvgIpc) is 2.30. The Kier molecular flexibility index (Phi) is 3.90. The van der Waals surface area contributed by atoms with Crippen molar-refractivity contribution < 1.29 is 19.4 Å². The van der Waals surface area contributed by atoms with Crippen LogP contribution in [0.2, 0.25) is 0 Å². The number of aryl methyl sites for hydroxylation is 1. The monoisotopic (exact) mass is 224 g/mol. The Balaban J connectivity index is 3.23. The standard InChI is InChI=1S/C12H16O4/c1-7-5-6-9(10(13)12(14)16-4)11(15-3)8(7)2/h5-6,10,13H,1-4H3. The van der Waals surface area contributed by atoms with E-state index in [1.807, 2.05) is 19.9 Å². The van der Waals surface area contributed by atoms with Crippen LogP contribution >= 0.6 is 0 Å². The van der Waals surface area contributed by atoms with Crippen molar-refractivity contribution in [2.45, 2.75) is 20.0 Å². The van der Waals surface area contributed by atoms with E-state index in [2.05, 4.69) is 4.74 Å². The molecule has 1 aromatic carbocycles. The number of ether oxygens (including phenoxy) is 2. The highest BCUT2D eigenvalue weighted by Crippen LogP contribution is 2.31. The molecule has 1 rings (SSSR count). The lowest BCUT2D eigenvalue weighted by atomic mass is 10.0. The number of rotatable bonds is 3. The molecule has 0 aromatic heterocycles. The third-order valence-electron chi connectivity index (χ3n) is 2.63. The fraction of sp³-hybridized carbons (Fsp3) is 0.417. The number of carbonyl (C=O) groups is 1. The van der Waals surface area contributed by atoms with Gasteiger partial charge < -0.3 is 14.6 Å². The molecule has 0 fully saturated rings. The Labute approximate surface area is 94.8 Å². The molecule has 1 N–H and O–H groups in total. The third-order valence-corrected chi connectivity index (χ3v) is 2.63. The first-order chi connectivity index (χ1) is 7.52. The van der Waals surface area contributed by atoms with Crippen LogP contribution in [0.1, 0.15) is 22.8 Å². The average molecular weight is 224 g/mol. The van der Waals surface area contributed by atoms with Crippen molar-refractivity contribution in [2.75, 3.05) is 14.2 Å². The van der Waals surface area contributed by atoms with Crippen LogP contribution in [0.25, 0.3) is 0 Å². The molecule has 4 nitrogen and oxygen atoms in total. The summed E-state index contributed by atoms with van der Waals surface area (Å²) in [5.41, 5.74) is 2.37. The van der Waals surface area contributed by atoms with E-state index in [-0.39, 0.29) is 0 Å². The lowest BCUT2D eigenvalue weighted by molar-refractivity contribution is -0.150. The predicted octanol–water partition coefficient (Wildman–Crippen LogP) is 1.52. The number of hydrogen-bond acceptors (Lipinski definition) is 4. The summed E-state index contributed by atoms with van der Waals surface area (Å²) in [6.07, 6.45) is -1.31. The van der Waals surface area contributed by atoms with Gasteiger partial charge in [0.2, 0.25) is 0 Å². The summed E-state index contributed by atoms with van der Waals surface area (Å²) in [6, 6.07) is 3.50. The number of carbonyl (C=O) groups excluding carboxylic acids is 1. The van der Waals surface area contributed by atoms with Crippen molar-refractivity contribution >= 4 is 5.97 Å². The van der Waals surface area contributed by atoms with Crippen LogP contribution in [-0.2, 0) is 9.53 Å². The number of aliphatic hydroxyl groups excluding tert-OH is 1. The highest BCUT2D eigenvalue weighted by Gasteiger charge is 2.23. The van der Waals surface area contributed by atoms with Crippen LogP contribution in [-0.4, -0.2) is 25.3 Å². The summed E-state index contributed by atoms with van der Waals surface area (Å²) in [5, 5.41) is 9.76.